The topological polar surface area (TPSA) is 204 Å². The van der Waals surface area contributed by atoms with Crippen LogP contribution in [0, 0.1) is 5.92 Å². The van der Waals surface area contributed by atoms with E-state index in [2.05, 4.69) is 5.32 Å². The Morgan fingerprint density at radius 3 is 2.19 bits per heavy atom. The van der Waals surface area contributed by atoms with Gasteiger partial charge >= 0.3 is 11.9 Å². The van der Waals surface area contributed by atoms with Crippen LogP contribution in [0.15, 0.2) is 0 Å². The number of rotatable bonds is 19. The lowest BCUT2D eigenvalue weighted by atomic mass is 10.1. The number of carbonyl (C=O) groups is 3. The van der Waals surface area contributed by atoms with Crippen molar-refractivity contribution in [1.82, 2.24) is 5.32 Å². The highest BCUT2D eigenvalue weighted by Crippen LogP contribution is 2.03. The molecule has 32 heavy (non-hydrogen) atoms. The number of aliphatic hydroxyl groups excluding tert-OH is 2. The zero-order valence-corrected chi connectivity index (χ0v) is 18.9. The van der Waals surface area contributed by atoms with Crippen molar-refractivity contribution >= 4 is 17.8 Å². The van der Waals surface area contributed by atoms with Gasteiger partial charge in [0.2, 0.25) is 5.91 Å². The molecule has 0 aliphatic rings. The summed E-state index contributed by atoms with van der Waals surface area (Å²) in [6, 6.07) is -2.34. The number of amides is 1. The Morgan fingerprint density at radius 2 is 1.62 bits per heavy atom. The molecule has 0 fully saturated rings. The van der Waals surface area contributed by atoms with Crippen molar-refractivity contribution < 1.29 is 43.9 Å². The van der Waals surface area contributed by atoms with Crippen LogP contribution in [0.25, 0.3) is 0 Å². The Morgan fingerprint density at radius 1 is 1.00 bits per heavy atom. The van der Waals surface area contributed by atoms with Crippen LogP contribution in [0.2, 0.25) is 0 Å². The van der Waals surface area contributed by atoms with Gasteiger partial charge in [0.15, 0.2) is 0 Å². The van der Waals surface area contributed by atoms with E-state index in [0.29, 0.717) is 25.8 Å². The van der Waals surface area contributed by atoms with Crippen molar-refractivity contribution in [3.63, 3.8) is 0 Å². The number of carbonyl (C=O) groups excluding carboxylic acids is 2. The maximum absolute atomic E-state index is 12.2. The number of carboxylic acid groups (broad SMARTS) is 1. The first kappa shape index (κ1) is 30.2. The second-order valence-corrected chi connectivity index (χ2v) is 7.80. The van der Waals surface area contributed by atoms with E-state index in [4.69, 9.17) is 30.8 Å². The molecule has 0 spiro atoms. The standard InChI is InChI=1S/C20H39N3O9/c1-13(2)17(25)12-31-8-7-30-10-14(24)11-32-20(29)16(9-18(26)27)23-19(28)15(22)5-3-4-6-21/h13-17,24-25H,3-12,21-22H2,1-2H3,(H,23,28)(H,26,27). The Hall–Kier alpha value is -1.83. The predicted octanol–water partition coefficient (Wildman–Crippen LogP) is -1.64. The molecule has 12 nitrogen and oxygen atoms in total. The molecule has 4 unspecified atom stereocenters. The van der Waals surface area contributed by atoms with E-state index in [1.165, 1.54) is 0 Å². The molecule has 0 rings (SSSR count). The molecular weight excluding hydrogens is 426 g/mol. The summed E-state index contributed by atoms with van der Waals surface area (Å²) in [6.07, 6.45) is -0.762. The molecule has 0 aromatic rings. The summed E-state index contributed by atoms with van der Waals surface area (Å²) in [7, 11) is 0. The number of unbranched alkanes of at least 4 members (excludes halogenated alkanes) is 1. The molecule has 0 saturated heterocycles. The number of ether oxygens (including phenoxy) is 3. The average molecular weight is 466 g/mol. The normalized spacial score (nSPS) is 15.1. The molecule has 0 aliphatic carbocycles. The van der Waals surface area contributed by atoms with Gasteiger partial charge in [-0.15, -0.1) is 0 Å². The van der Waals surface area contributed by atoms with Gasteiger partial charge in [0, 0.05) is 0 Å². The van der Waals surface area contributed by atoms with Crippen LogP contribution in [-0.2, 0) is 28.6 Å². The van der Waals surface area contributed by atoms with Gasteiger partial charge in [-0.2, -0.15) is 0 Å². The predicted molar refractivity (Wildman–Crippen MR) is 115 cm³/mol. The van der Waals surface area contributed by atoms with Crippen molar-refractivity contribution in [3.05, 3.63) is 0 Å². The molecule has 12 heteroatoms. The molecule has 0 bridgehead atoms. The largest absolute Gasteiger partial charge is 0.481 e. The summed E-state index contributed by atoms with van der Waals surface area (Å²) in [5, 5.41) is 30.7. The van der Waals surface area contributed by atoms with Crippen LogP contribution in [0.4, 0.5) is 0 Å². The summed E-state index contributed by atoms with van der Waals surface area (Å²) in [5.41, 5.74) is 11.1. The number of nitrogens with one attached hydrogen (secondary N) is 1. The number of aliphatic hydroxyl groups is 2. The summed E-state index contributed by atoms with van der Waals surface area (Å²) >= 11 is 0. The lowest BCUT2D eigenvalue weighted by molar-refractivity contribution is -0.155. The van der Waals surface area contributed by atoms with Crippen molar-refractivity contribution in [3.8, 4) is 0 Å². The average Bonchev–Trinajstić information content (AvgIpc) is 2.73. The molecule has 0 aromatic heterocycles. The fraction of sp³-hybridized carbons (Fsp3) is 0.850. The molecule has 4 atom stereocenters. The van der Waals surface area contributed by atoms with Gasteiger partial charge in [0.1, 0.15) is 18.8 Å². The lowest BCUT2D eigenvalue weighted by Crippen LogP contribution is -2.50. The van der Waals surface area contributed by atoms with Gasteiger partial charge in [0.25, 0.3) is 0 Å². The summed E-state index contributed by atoms with van der Waals surface area (Å²) in [4.78, 5) is 35.3. The summed E-state index contributed by atoms with van der Waals surface area (Å²) in [6.45, 7) is 4.16. The monoisotopic (exact) mass is 465 g/mol. The van der Waals surface area contributed by atoms with Gasteiger partial charge in [-0.05, 0) is 25.3 Å². The quantitative estimate of drug-likeness (QED) is 0.0942. The van der Waals surface area contributed by atoms with Crippen LogP contribution in [0.3, 0.4) is 0 Å². The molecule has 0 radical (unpaired) electrons. The van der Waals surface area contributed by atoms with E-state index in [9.17, 15) is 24.6 Å². The maximum Gasteiger partial charge on any atom is 0.329 e. The van der Waals surface area contributed by atoms with Crippen LogP contribution in [-0.4, -0.2) is 97.0 Å². The highest BCUT2D eigenvalue weighted by atomic mass is 16.6. The van der Waals surface area contributed by atoms with Crippen LogP contribution in [0.1, 0.15) is 39.5 Å². The van der Waals surface area contributed by atoms with Gasteiger partial charge in [-0.25, -0.2) is 4.79 Å². The number of hydrogen-bond acceptors (Lipinski definition) is 10. The molecular formula is C20H39N3O9. The third kappa shape index (κ3) is 15.1. The first-order valence-electron chi connectivity index (χ1n) is 10.7. The Balaban J connectivity index is 4.29. The smallest absolute Gasteiger partial charge is 0.329 e. The molecule has 0 aliphatic heterocycles. The van der Waals surface area contributed by atoms with Crippen molar-refractivity contribution in [2.45, 2.75) is 63.8 Å². The van der Waals surface area contributed by atoms with E-state index >= 15 is 0 Å². The first-order valence-corrected chi connectivity index (χ1v) is 10.7. The van der Waals surface area contributed by atoms with Crippen LogP contribution < -0.4 is 16.8 Å². The molecule has 0 aromatic carbocycles. The van der Waals surface area contributed by atoms with E-state index in [1.54, 1.807) is 0 Å². The zero-order valence-electron chi connectivity index (χ0n) is 18.9. The minimum absolute atomic E-state index is 0.0778. The molecule has 0 heterocycles. The number of carboxylic acids is 1. The van der Waals surface area contributed by atoms with Gasteiger partial charge < -0.3 is 46.3 Å². The highest BCUT2D eigenvalue weighted by molar-refractivity contribution is 5.89. The SMILES string of the molecule is CC(C)C(O)COCCOCC(O)COC(=O)C(CC(=O)O)NC(=O)C(N)CCCCN. The highest BCUT2D eigenvalue weighted by Gasteiger charge is 2.27. The van der Waals surface area contributed by atoms with E-state index in [1.807, 2.05) is 13.8 Å². The fourth-order valence-corrected chi connectivity index (χ4v) is 2.35. The van der Waals surface area contributed by atoms with Crippen LogP contribution in [0.5, 0.6) is 0 Å². The molecule has 188 valence electrons. The number of esters is 1. The maximum atomic E-state index is 12.2. The van der Waals surface area contributed by atoms with Crippen LogP contribution >= 0.6 is 0 Å². The van der Waals surface area contributed by atoms with E-state index < -0.39 is 55.2 Å². The van der Waals surface area contributed by atoms with E-state index in [0.717, 1.165) is 0 Å². The Kier molecular flexibility index (Phi) is 16.7. The number of aliphatic carboxylic acids is 1. The lowest BCUT2D eigenvalue weighted by Gasteiger charge is -2.20. The van der Waals surface area contributed by atoms with Gasteiger partial charge in [-0.3, -0.25) is 9.59 Å². The third-order valence-corrected chi connectivity index (χ3v) is 4.44. The summed E-state index contributed by atoms with van der Waals surface area (Å²) < 4.78 is 15.4. The first-order chi connectivity index (χ1) is 15.1. The zero-order chi connectivity index (χ0) is 24.5. The van der Waals surface area contributed by atoms with E-state index in [-0.39, 0.29) is 32.3 Å². The minimum Gasteiger partial charge on any atom is -0.481 e. The van der Waals surface area contributed by atoms with Crippen molar-refractivity contribution in [2.75, 3.05) is 39.6 Å². The molecule has 1 amide bonds. The number of nitrogens with two attached hydrogens (primary N) is 2. The molecule has 0 saturated carbocycles. The summed E-state index contributed by atoms with van der Waals surface area (Å²) in [5.74, 6) is -2.90. The number of hydrogen-bond donors (Lipinski definition) is 6. The fourth-order valence-electron chi connectivity index (χ4n) is 2.35. The Bertz CT molecular complexity index is 548. The second-order valence-electron chi connectivity index (χ2n) is 7.80. The Labute approximate surface area is 188 Å². The van der Waals surface area contributed by atoms with Crippen molar-refractivity contribution in [1.29, 1.82) is 0 Å². The van der Waals surface area contributed by atoms with Crippen molar-refractivity contribution in [2.24, 2.45) is 17.4 Å². The third-order valence-electron chi connectivity index (χ3n) is 4.44. The molecule has 8 N–H and O–H groups in total. The van der Waals surface area contributed by atoms with Gasteiger partial charge in [-0.1, -0.05) is 20.3 Å². The second kappa shape index (κ2) is 17.7. The minimum atomic E-state index is -1.44. The van der Waals surface area contributed by atoms with Gasteiger partial charge in [0.05, 0.1) is 45.0 Å².